The third kappa shape index (κ3) is 6.94. The molecule has 0 radical (unpaired) electrons. The number of benzene rings is 1. The highest BCUT2D eigenvalue weighted by molar-refractivity contribution is 5.79. The van der Waals surface area contributed by atoms with E-state index in [1.54, 1.807) is 0 Å². The van der Waals surface area contributed by atoms with Crippen molar-refractivity contribution in [2.24, 2.45) is 0 Å². The number of fused-ring (bicyclic) bond motifs is 1. The summed E-state index contributed by atoms with van der Waals surface area (Å²) in [5.74, 6) is 1.67. The highest BCUT2D eigenvalue weighted by atomic mass is 16.6. The van der Waals surface area contributed by atoms with E-state index in [4.69, 9.17) is 9.47 Å². The normalized spacial score (nSPS) is 13.1. The summed E-state index contributed by atoms with van der Waals surface area (Å²) in [5, 5.41) is 3.02. The van der Waals surface area contributed by atoms with Crippen molar-refractivity contribution in [1.82, 2.24) is 10.2 Å². The van der Waals surface area contributed by atoms with E-state index in [1.165, 1.54) is 0 Å². The second-order valence-electron chi connectivity index (χ2n) is 8.25. The Morgan fingerprint density at radius 1 is 1.03 bits per heavy atom. The lowest BCUT2D eigenvalue weighted by atomic mass is 9.84. The highest BCUT2D eigenvalue weighted by Gasteiger charge is 2.24. The average Bonchev–Trinajstić information content (AvgIpc) is 2.71. The molecule has 0 unspecified atom stereocenters. The van der Waals surface area contributed by atoms with Gasteiger partial charge in [0.1, 0.15) is 13.2 Å². The van der Waals surface area contributed by atoms with Crippen LogP contribution in [0, 0.1) is 0 Å². The summed E-state index contributed by atoms with van der Waals surface area (Å²) < 4.78 is 11.2. The number of hydrogen-bond donors (Lipinski definition) is 1. The van der Waals surface area contributed by atoms with Crippen molar-refractivity contribution < 1.29 is 19.1 Å². The first kappa shape index (κ1) is 23.0. The maximum atomic E-state index is 12.3. The molecule has 0 aliphatic carbocycles. The van der Waals surface area contributed by atoms with E-state index in [2.05, 4.69) is 33.0 Å². The van der Waals surface area contributed by atoms with Crippen LogP contribution < -0.4 is 14.8 Å². The van der Waals surface area contributed by atoms with Crippen LogP contribution in [0.25, 0.3) is 0 Å². The molecule has 1 heterocycles. The van der Waals surface area contributed by atoms with Gasteiger partial charge in [-0.25, -0.2) is 0 Å². The van der Waals surface area contributed by atoms with Crippen molar-refractivity contribution in [3.8, 4) is 11.5 Å². The lowest BCUT2D eigenvalue weighted by Gasteiger charge is -2.28. The van der Waals surface area contributed by atoms with Crippen LogP contribution in [0.2, 0.25) is 0 Å². The molecule has 0 atom stereocenters. The van der Waals surface area contributed by atoms with E-state index in [1.807, 2.05) is 23.1 Å². The fraction of sp³-hybridized carbons (Fsp3) is 0.652. The van der Waals surface area contributed by atoms with Gasteiger partial charge in [-0.3, -0.25) is 9.59 Å². The van der Waals surface area contributed by atoms with Crippen LogP contribution in [-0.2, 0) is 15.0 Å². The average molecular weight is 405 g/mol. The summed E-state index contributed by atoms with van der Waals surface area (Å²) in [4.78, 5) is 26.5. The molecular formula is C23H36N2O4. The lowest BCUT2D eigenvalue weighted by molar-refractivity contribution is -0.131. The fourth-order valence-electron chi connectivity index (χ4n) is 3.43. The molecule has 29 heavy (non-hydrogen) atoms. The first-order valence-corrected chi connectivity index (χ1v) is 10.8. The van der Waals surface area contributed by atoms with Crippen molar-refractivity contribution in [2.45, 2.75) is 65.2 Å². The molecule has 1 aromatic rings. The van der Waals surface area contributed by atoms with Crippen LogP contribution >= 0.6 is 0 Å². The number of carbonyl (C=O) groups is 2. The SMILES string of the molecule is CCCN(CCC)C(=O)CCCC(=O)NCC(C)(C)c1ccc2c(c1)OCCO2. The first-order chi connectivity index (χ1) is 13.9. The monoisotopic (exact) mass is 404 g/mol. The zero-order chi connectivity index (χ0) is 21.3. The van der Waals surface area contributed by atoms with E-state index in [9.17, 15) is 9.59 Å². The Bertz CT molecular complexity index is 681. The van der Waals surface area contributed by atoms with Crippen molar-refractivity contribution in [2.75, 3.05) is 32.8 Å². The summed E-state index contributed by atoms with van der Waals surface area (Å²) in [6.45, 7) is 11.6. The predicted molar refractivity (Wildman–Crippen MR) is 114 cm³/mol. The summed E-state index contributed by atoms with van der Waals surface area (Å²) in [7, 11) is 0. The van der Waals surface area contributed by atoms with Crippen molar-refractivity contribution in [1.29, 1.82) is 0 Å². The minimum Gasteiger partial charge on any atom is -0.486 e. The molecule has 0 spiro atoms. The number of ether oxygens (including phenoxy) is 2. The maximum Gasteiger partial charge on any atom is 0.222 e. The Balaban J connectivity index is 1.78. The minimum absolute atomic E-state index is 0.0130. The standard InChI is InChI=1S/C23H36N2O4/c1-5-12-25(13-6-2)22(27)9-7-8-21(26)24-17-23(3,4)18-10-11-19-20(16-18)29-15-14-28-19/h10-11,16H,5-9,12-15,17H2,1-4H3,(H,24,26). The molecule has 1 aliphatic heterocycles. The molecule has 0 saturated carbocycles. The Labute approximate surface area is 174 Å². The van der Waals surface area contributed by atoms with Gasteiger partial charge in [-0.2, -0.15) is 0 Å². The molecule has 1 N–H and O–H groups in total. The van der Waals surface area contributed by atoms with E-state index in [0.29, 0.717) is 39.0 Å². The molecule has 0 saturated heterocycles. The van der Waals surface area contributed by atoms with E-state index >= 15 is 0 Å². The second-order valence-corrected chi connectivity index (χ2v) is 8.25. The van der Waals surface area contributed by atoms with Gasteiger partial charge >= 0.3 is 0 Å². The zero-order valence-corrected chi connectivity index (χ0v) is 18.4. The van der Waals surface area contributed by atoms with Gasteiger partial charge in [-0.15, -0.1) is 0 Å². The molecule has 0 bridgehead atoms. The smallest absolute Gasteiger partial charge is 0.222 e. The van der Waals surface area contributed by atoms with Crippen LogP contribution in [0.4, 0.5) is 0 Å². The van der Waals surface area contributed by atoms with Gasteiger partial charge in [0.05, 0.1) is 0 Å². The Hall–Kier alpha value is -2.24. The fourth-order valence-corrected chi connectivity index (χ4v) is 3.43. The summed E-state index contributed by atoms with van der Waals surface area (Å²) >= 11 is 0. The van der Waals surface area contributed by atoms with Gasteiger partial charge in [0.15, 0.2) is 11.5 Å². The number of rotatable bonds is 11. The lowest BCUT2D eigenvalue weighted by Crippen LogP contribution is -2.37. The molecular weight excluding hydrogens is 368 g/mol. The molecule has 162 valence electrons. The first-order valence-electron chi connectivity index (χ1n) is 10.8. The molecule has 6 heteroatoms. The third-order valence-electron chi connectivity index (χ3n) is 5.19. The van der Waals surface area contributed by atoms with E-state index < -0.39 is 0 Å². The van der Waals surface area contributed by atoms with Gasteiger partial charge in [0, 0.05) is 37.9 Å². The largest absolute Gasteiger partial charge is 0.486 e. The predicted octanol–water partition coefficient (Wildman–Crippen LogP) is 3.67. The number of carbonyl (C=O) groups excluding carboxylic acids is 2. The molecule has 0 aromatic heterocycles. The number of hydrogen-bond acceptors (Lipinski definition) is 4. The molecule has 1 aliphatic rings. The molecule has 1 aromatic carbocycles. The maximum absolute atomic E-state index is 12.3. The zero-order valence-electron chi connectivity index (χ0n) is 18.4. The van der Waals surface area contributed by atoms with E-state index in [-0.39, 0.29) is 17.2 Å². The van der Waals surface area contributed by atoms with Gasteiger partial charge in [0.2, 0.25) is 11.8 Å². The Kier molecular flexibility index (Phi) is 8.80. The van der Waals surface area contributed by atoms with Crippen molar-refractivity contribution in [3.05, 3.63) is 23.8 Å². The molecule has 2 amide bonds. The van der Waals surface area contributed by atoms with Crippen LogP contribution in [0.1, 0.15) is 65.4 Å². The van der Waals surface area contributed by atoms with Crippen LogP contribution in [0.3, 0.4) is 0 Å². The second kappa shape index (κ2) is 11.1. The van der Waals surface area contributed by atoms with Crippen molar-refractivity contribution >= 4 is 11.8 Å². The summed E-state index contributed by atoms with van der Waals surface area (Å²) in [6.07, 6.45) is 3.30. The van der Waals surface area contributed by atoms with Gasteiger partial charge in [0.25, 0.3) is 0 Å². The number of amides is 2. The summed E-state index contributed by atoms with van der Waals surface area (Å²) in [6, 6.07) is 5.95. The number of nitrogens with one attached hydrogen (secondary N) is 1. The van der Waals surface area contributed by atoms with Crippen LogP contribution in [0.5, 0.6) is 11.5 Å². The molecule has 6 nitrogen and oxygen atoms in total. The summed E-state index contributed by atoms with van der Waals surface area (Å²) in [5.41, 5.74) is 0.854. The van der Waals surface area contributed by atoms with Gasteiger partial charge < -0.3 is 19.7 Å². The highest BCUT2D eigenvalue weighted by Crippen LogP contribution is 2.34. The molecule has 2 rings (SSSR count). The topological polar surface area (TPSA) is 67.9 Å². The third-order valence-corrected chi connectivity index (χ3v) is 5.19. The quantitative estimate of drug-likeness (QED) is 0.611. The molecule has 0 fully saturated rings. The van der Waals surface area contributed by atoms with Crippen LogP contribution in [-0.4, -0.2) is 49.6 Å². The minimum atomic E-state index is -0.236. The van der Waals surface area contributed by atoms with Crippen molar-refractivity contribution in [3.63, 3.8) is 0 Å². The van der Waals surface area contributed by atoms with Crippen LogP contribution in [0.15, 0.2) is 18.2 Å². The van der Waals surface area contributed by atoms with Gasteiger partial charge in [-0.05, 0) is 37.0 Å². The number of nitrogens with zero attached hydrogens (tertiary/aromatic N) is 1. The Morgan fingerprint density at radius 2 is 1.69 bits per heavy atom. The Morgan fingerprint density at radius 3 is 2.34 bits per heavy atom. The van der Waals surface area contributed by atoms with E-state index in [0.717, 1.165) is 43.0 Å². The van der Waals surface area contributed by atoms with Gasteiger partial charge in [-0.1, -0.05) is 33.8 Å².